The number of carbonyl (C=O) groups is 1. The van der Waals surface area contributed by atoms with Crippen LogP contribution in [0.3, 0.4) is 0 Å². The fourth-order valence-electron chi connectivity index (χ4n) is 0.542. The minimum atomic E-state index is -0.0770. The number of Topliss-reactive ketones (excluding diaryl/α,β-unsaturated/α-hetero) is 1. The van der Waals surface area contributed by atoms with Gasteiger partial charge in [-0.3, -0.25) is 4.79 Å². The molecule has 1 rings (SSSR count). The zero-order chi connectivity index (χ0) is 6.69. The molecule has 0 fully saturated rings. The fourth-order valence-corrected chi connectivity index (χ4v) is 0.542. The summed E-state index contributed by atoms with van der Waals surface area (Å²) in [5, 5.41) is 3.47. The Morgan fingerprint density at radius 1 is 1.89 bits per heavy atom. The van der Waals surface area contributed by atoms with Crippen LogP contribution in [0.25, 0.3) is 0 Å². The van der Waals surface area contributed by atoms with Gasteiger partial charge in [0, 0.05) is 19.6 Å². The molecule has 0 aromatic carbocycles. The lowest BCUT2D eigenvalue weighted by molar-refractivity contribution is -0.116. The van der Waals surface area contributed by atoms with Gasteiger partial charge in [0.2, 0.25) is 0 Å². The van der Waals surface area contributed by atoms with Crippen LogP contribution in [0.2, 0.25) is 0 Å². The van der Waals surface area contributed by atoms with Crippen LogP contribution in [0, 0.1) is 0 Å². The Kier molecular flexibility index (Phi) is 1.63. The Morgan fingerprint density at radius 2 is 2.67 bits per heavy atom. The van der Waals surface area contributed by atoms with Crippen LogP contribution < -0.4 is 0 Å². The molecule has 3 heteroatoms. The predicted molar refractivity (Wildman–Crippen MR) is 33.0 cm³/mol. The molecule has 0 radical (unpaired) electrons. The molecule has 0 saturated heterocycles. The van der Waals surface area contributed by atoms with Gasteiger partial charge in [-0.2, -0.15) is 0 Å². The smallest absolute Gasteiger partial charge is 0.197 e. The number of carbonyl (C=O) groups excluding carboxylic acids is 1. The van der Waals surface area contributed by atoms with Crippen LogP contribution in [0.5, 0.6) is 0 Å². The van der Waals surface area contributed by atoms with E-state index in [0.717, 1.165) is 0 Å². The van der Waals surface area contributed by atoms with Gasteiger partial charge < -0.3 is 4.84 Å². The summed E-state index contributed by atoms with van der Waals surface area (Å²) in [6.45, 7) is 1.45. The first-order valence-corrected chi connectivity index (χ1v) is 2.70. The Bertz CT molecular complexity index is 181. The van der Waals surface area contributed by atoms with Crippen LogP contribution in [-0.4, -0.2) is 12.0 Å². The van der Waals surface area contributed by atoms with E-state index < -0.39 is 0 Å². The SMILES string of the molecule is CC(=O)C1=CCC=NO1. The first-order valence-electron chi connectivity index (χ1n) is 2.70. The van der Waals surface area contributed by atoms with E-state index in [4.69, 9.17) is 0 Å². The molecule has 0 aliphatic carbocycles. The lowest BCUT2D eigenvalue weighted by Gasteiger charge is -2.01. The van der Waals surface area contributed by atoms with Crippen molar-refractivity contribution in [2.45, 2.75) is 13.3 Å². The summed E-state index contributed by atoms with van der Waals surface area (Å²) in [4.78, 5) is 15.2. The van der Waals surface area contributed by atoms with Gasteiger partial charge in [0.05, 0.1) is 0 Å². The van der Waals surface area contributed by atoms with Crippen molar-refractivity contribution in [1.82, 2.24) is 0 Å². The third-order valence-electron chi connectivity index (χ3n) is 0.981. The van der Waals surface area contributed by atoms with Gasteiger partial charge in [-0.1, -0.05) is 5.16 Å². The Morgan fingerprint density at radius 3 is 3.00 bits per heavy atom. The molecule has 1 aliphatic heterocycles. The third-order valence-corrected chi connectivity index (χ3v) is 0.981. The van der Waals surface area contributed by atoms with Gasteiger partial charge in [0.15, 0.2) is 11.5 Å². The number of hydrogen-bond acceptors (Lipinski definition) is 3. The average molecular weight is 125 g/mol. The van der Waals surface area contributed by atoms with E-state index in [1.807, 2.05) is 0 Å². The first-order chi connectivity index (χ1) is 4.30. The summed E-state index contributed by atoms with van der Waals surface area (Å²) in [5.41, 5.74) is 0. The molecule has 0 aromatic heterocycles. The Balaban J connectivity index is 2.61. The molecule has 0 amide bonds. The summed E-state index contributed by atoms with van der Waals surface area (Å²) in [5.74, 6) is 0.268. The van der Waals surface area contributed by atoms with E-state index in [1.165, 1.54) is 6.92 Å². The van der Waals surface area contributed by atoms with Crippen LogP contribution >= 0.6 is 0 Å². The first kappa shape index (κ1) is 6.01. The van der Waals surface area contributed by atoms with E-state index in [1.54, 1.807) is 12.3 Å². The lowest BCUT2D eigenvalue weighted by atomic mass is 10.3. The molecule has 48 valence electrons. The van der Waals surface area contributed by atoms with Crippen LogP contribution in [0.4, 0.5) is 0 Å². The monoisotopic (exact) mass is 125 g/mol. The van der Waals surface area contributed by atoms with Crippen molar-refractivity contribution in [2.24, 2.45) is 5.16 Å². The molecule has 0 aromatic rings. The highest BCUT2D eigenvalue weighted by molar-refractivity contribution is 5.92. The van der Waals surface area contributed by atoms with Gasteiger partial charge in [-0.05, 0) is 6.08 Å². The number of nitrogens with zero attached hydrogens (tertiary/aromatic N) is 1. The number of allylic oxidation sites excluding steroid dienone is 2. The zero-order valence-electron chi connectivity index (χ0n) is 5.13. The number of oxime groups is 1. The summed E-state index contributed by atoms with van der Waals surface area (Å²) >= 11 is 0. The highest BCUT2D eigenvalue weighted by Crippen LogP contribution is 2.04. The molecule has 0 saturated carbocycles. The molecule has 3 nitrogen and oxygen atoms in total. The molecule has 0 bridgehead atoms. The van der Waals surface area contributed by atoms with Crippen molar-refractivity contribution in [1.29, 1.82) is 0 Å². The summed E-state index contributed by atoms with van der Waals surface area (Å²) in [6.07, 6.45) is 4.00. The third kappa shape index (κ3) is 1.38. The van der Waals surface area contributed by atoms with E-state index in [9.17, 15) is 4.79 Å². The van der Waals surface area contributed by atoms with Crippen molar-refractivity contribution in [3.63, 3.8) is 0 Å². The minimum Gasteiger partial charge on any atom is -0.354 e. The van der Waals surface area contributed by atoms with Gasteiger partial charge in [0.1, 0.15) is 0 Å². The maximum Gasteiger partial charge on any atom is 0.197 e. The van der Waals surface area contributed by atoms with Gasteiger partial charge in [-0.25, -0.2) is 0 Å². The number of rotatable bonds is 1. The van der Waals surface area contributed by atoms with E-state index >= 15 is 0 Å². The van der Waals surface area contributed by atoms with E-state index in [0.29, 0.717) is 12.2 Å². The second kappa shape index (κ2) is 2.44. The Labute approximate surface area is 53.0 Å². The molecule has 0 atom stereocenters. The molecule has 1 heterocycles. The average Bonchev–Trinajstić information content (AvgIpc) is 1.90. The highest BCUT2D eigenvalue weighted by atomic mass is 16.6. The summed E-state index contributed by atoms with van der Waals surface area (Å²) in [6, 6.07) is 0. The van der Waals surface area contributed by atoms with Crippen LogP contribution in [0.15, 0.2) is 17.0 Å². The van der Waals surface area contributed by atoms with E-state index in [-0.39, 0.29) is 5.78 Å². The molecule has 0 N–H and O–H groups in total. The molecule has 0 spiro atoms. The molecule has 1 aliphatic rings. The summed E-state index contributed by atoms with van der Waals surface area (Å²) in [7, 11) is 0. The zero-order valence-corrected chi connectivity index (χ0v) is 5.13. The van der Waals surface area contributed by atoms with Crippen molar-refractivity contribution >= 4 is 12.0 Å². The number of hydrogen-bond donors (Lipinski definition) is 0. The molecular formula is C6H7NO2. The maximum atomic E-state index is 10.5. The topological polar surface area (TPSA) is 38.7 Å². The van der Waals surface area contributed by atoms with Crippen molar-refractivity contribution in [3.8, 4) is 0 Å². The molecular weight excluding hydrogens is 118 g/mol. The number of ketones is 1. The largest absolute Gasteiger partial charge is 0.354 e. The predicted octanol–water partition coefficient (Wildman–Crippen LogP) is 0.865. The highest BCUT2D eigenvalue weighted by Gasteiger charge is 2.05. The maximum absolute atomic E-state index is 10.5. The van der Waals surface area contributed by atoms with Crippen molar-refractivity contribution in [3.05, 3.63) is 11.8 Å². The molecule has 9 heavy (non-hydrogen) atoms. The molecule has 0 unspecified atom stereocenters. The minimum absolute atomic E-state index is 0.0770. The second-order valence-electron chi connectivity index (χ2n) is 1.74. The van der Waals surface area contributed by atoms with Crippen molar-refractivity contribution < 1.29 is 9.63 Å². The van der Waals surface area contributed by atoms with Crippen molar-refractivity contribution in [2.75, 3.05) is 0 Å². The Hall–Kier alpha value is -1.12. The fraction of sp³-hybridized carbons (Fsp3) is 0.333. The van der Waals surface area contributed by atoms with Gasteiger partial charge >= 0.3 is 0 Å². The summed E-state index contributed by atoms with van der Waals surface area (Å²) < 4.78 is 0. The quantitative estimate of drug-likeness (QED) is 0.521. The van der Waals surface area contributed by atoms with Crippen LogP contribution in [0.1, 0.15) is 13.3 Å². The lowest BCUT2D eigenvalue weighted by Crippen LogP contribution is -2.01. The van der Waals surface area contributed by atoms with Gasteiger partial charge in [0.25, 0.3) is 0 Å². The van der Waals surface area contributed by atoms with E-state index in [2.05, 4.69) is 9.99 Å². The van der Waals surface area contributed by atoms with Crippen LogP contribution in [-0.2, 0) is 9.63 Å². The normalized spacial score (nSPS) is 16.3. The second-order valence-corrected chi connectivity index (χ2v) is 1.74. The van der Waals surface area contributed by atoms with Gasteiger partial charge in [-0.15, -0.1) is 0 Å². The standard InChI is InChI=1S/C6H7NO2/c1-5(8)6-3-2-4-7-9-6/h3-4H,2H2,1H3.